The average molecular weight is 558 g/mol. The van der Waals surface area contributed by atoms with Crippen molar-refractivity contribution in [2.24, 2.45) is 5.41 Å². The minimum Gasteiger partial charge on any atom is -0.495 e. The lowest BCUT2D eigenvalue weighted by Crippen LogP contribution is -2.50. The zero-order valence-electron chi connectivity index (χ0n) is 22.8. The van der Waals surface area contributed by atoms with Crippen molar-refractivity contribution in [1.82, 2.24) is 16.0 Å². The van der Waals surface area contributed by atoms with Crippen molar-refractivity contribution < 1.29 is 38.9 Å². The maximum atomic E-state index is 12.6. The van der Waals surface area contributed by atoms with Crippen molar-refractivity contribution in [3.05, 3.63) is 53.6 Å². The first-order valence-electron chi connectivity index (χ1n) is 12.4. The molecule has 0 radical (unpaired) electrons. The molecule has 2 rings (SSSR count). The zero-order valence-corrected chi connectivity index (χ0v) is 22.8. The van der Waals surface area contributed by atoms with E-state index in [0.717, 1.165) is 5.56 Å². The summed E-state index contributed by atoms with van der Waals surface area (Å²) in [5.41, 5.74) is 2.06. The number of hydrogen-bond donors (Lipinski definition) is 7. The van der Waals surface area contributed by atoms with Crippen LogP contribution in [0.2, 0.25) is 0 Å². The number of para-hydroxylation sites is 1. The molecule has 0 bridgehead atoms. The molecular formula is C27H35N5O8. The third-order valence-electron chi connectivity index (χ3n) is 5.75. The van der Waals surface area contributed by atoms with Crippen LogP contribution >= 0.6 is 0 Å². The first kappa shape index (κ1) is 31.4. The second-order valence-corrected chi connectivity index (χ2v) is 9.86. The van der Waals surface area contributed by atoms with Crippen LogP contribution in [0, 0.1) is 12.3 Å². The maximum Gasteiger partial charge on any atom is 0.326 e. The second kappa shape index (κ2) is 14.4. The quantitative estimate of drug-likeness (QED) is 0.195. The van der Waals surface area contributed by atoms with Crippen LogP contribution in [-0.4, -0.2) is 66.4 Å². The predicted molar refractivity (Wildman–Crippen MR) is 148 cm³/mol. The Balaban J connectivity index is 1.87. The normalized spacial score (nSPS) is 11.5. The lowest BCUT2D eigenvalue weighted by atomic mass is 9.93. The summed E-state index contributed by atoms with van der Waals surface area (Å²) in [6.07, 6.45) is -0.726. The lowest BCUT2D eigenvalue weighted by molar-refractivity contribution is -0.145. The average Bonchev–Trinajstić information content (AvgIpc) is 2.88. The highest BCUT2D eigenvalue weighted by Crippen LogP contribution is 2.26. The summed E-state index contributed by atoms with van der Waals surface area (Å²) in [5.74, 6) is -2.73. The van der Waals surface area contributed by atoms with Gasteiger partial charge in [-0.3, -0.25) is 9.59 Å². The number of carboxylic acid groups (broad SMARTS) is 2. The van der Waals surface area contributed by atoms with Crippen molar-refractivity contribution in [2.45, 2.75) is 39.7 Å². The van der Waals surface area contributed by atoms with E-state index in [1.165, 1.54) is 7.11 Å². The highest BCUT2D eigenvalue weighted by molar-refractivity contribution is 6.01. The second-order valence-electron chi connectivity index (χ2n) is 9.86. The van der Waals surface area contributed by atoms with Crippen molar-refractivity contribution in [2.75, 3.05) is 30.8 Å². The van der Waals surface area contributed by atoms with E-state index in [0.29, 0.717) is 22.7 Å². The number of benzene rings is 2. The number of carbonyl (C=O) groups excluding carboxylic acids is 3. The fraction of sp³-hybridized carbons (Fsp3) is 0.370. The van der Waals surface area contributed by atoms with Gasteiger partial charge in [0.1, 0.15) is 11.8 Å². The van der Waals surface area contributed by atoms with E-state index in [1.807, 2.05) is 25.1 Å². The molecule has 0 saturated carbocycles. The number of hydrogen-bond acceptors (Lipinski definition) is 6. The van der Waals surface area contributed by atoms with Gasteiger partial charge in [-0.15, -0.1) is 0 Å². The van der Waals surface area contributed by atoms with Crippen LogP contribution in [0.3, 0.4) is 0 Å². The van der Waals surface area contributed by atoms with Crippen molar-refractivity contribution in [1.29, 1.82) is 0 Å². The van der Waals surface area contributed by atoms with Crippen LogP contribution in [-0.2, 0) is 20.8 Å². The molecule has 5 amide bonds. The van der Waals surface area contributed by atoms with Gasteiger partial charge in [-0.05, 0) is 41.7 Å². The third kappa shape index (κ3) is 10.5. The summed E-state index contributed by atoms with van der Waals surface area (Å²) >= 11 is 0. The summed E-state index contributed by atoms with van der Waals surface area (Å²) in [7, 11) is 1.45. The fourth-order valence-electron chi connectivity index (χ4n) is 3.49. The van der Waals surface area contributed by atoms with E-state index in [4.69, 9.17) is 14.9 Å². The van der Waals surface area contributed by atoms with Gasteiger partial charge in [0.05, 0.1) is 25.6 Å². The van der Waals surface area contributed by atoms with E-state index < -0.39 is 41.9 Å². The molecule has 0 saturated heterocycles. The molecule has 0 aromatic heterocycles. The van der Waals surface area contributed by atoms with E-state index in [1.54, 1.807) is 38.1 Å². The van der Waals surface area contributed by atoms with Crippen LogP contribution in [0.5, 0.6) is 5.75 Å². The summed E-state index contributed by atoms with van der Waals surface area (Å²) in [4.78, 5) is 58.9. The molecule has 0 fully saturated rings. The van der Waals surface area contributed by atoms with Gasteiger partial charge in [0.25, 0.3) is 0 Å². The Kier molecular flexibility index (Phi) is 11.3. The standard InChI is InChI=1S/C27H35N5O8/c1-16-7-5-6-8-18(16)30-26(39)31-19-10-9-17(11-21(19)40-4)12-22(33)28-14-27(2,3)15-29-25(38)32-20(24(36)37)13-23(34)35/h5-11,20H,12-15H2,1-4H3,(H,28,33)(H,34,35)(H,36,37)(H2,29,32,38)(H2,30,31,39). The van der Waals surface area contributed by atoms with Crippen molar-refractivity contribution in [3.8, 4) is 5.75 Å². The van der Waals surface area contributed by atoms with Gasteiger partial charge < -0.3 is 41.5 Å². The first-order chi connectivity index (χ1) is 18.8. The number of carbonyl (C=O) groups is 5. The number of nitrogens with one attached hydrogen (secondary N) is 5. The van der Waals surface area contributed by atoms with Gasteiger partial charge >= 0.3 is 24.0 Å². The molecule has 1 unspecified atom stereocenters. The number of rotatable bonds is 13. The molecule has 0 spiro atoms. The topological polar surface area (TPSA) is 195 Å². The molecule has 2 aromatic rings. The van der Waals surface area contributed by atoms with Crippen LogP contribution < -0.4 is 31.3 Å². The lowest BCUT2D eigenvalue weighted by Gasteiger charge is -2.26. The van der Waals surface area contributed by atoms with Crippen LogP contribution in [0.4, 0.5) is 21.0 Å². The Hall–Kier alpha value is -4.81. The molecule has 216 valence electrons. The van der Waals surface area contributed by atoms with Gasteiger partial charge in [0.2, 0.25) is 5.91 Å². The molecule has 13 nitrogen and oxygen atoms in total. The molecule has 0 aliphatic heterocycles. The molecular weight excluding hydrogens is 522 g/mol. The Morgan fingerprint density at radius 2 is 1.55 bits per heavy atom. The van der Waals surface area contributed by atoms with E-state index in [2.05, 4.69) is 26.6 Å². The van der Waals surface area contributed by atoms with E-state index >= 15 is 0 Å². The number of carboxylic acids is 2. The van der Waals surface area contributed by atoms with Gasteiger partial charge in [0.15, 0.2) is 0 Å². The SMILES string of the molecule is COc1cc(CC(=O)NCC(C)(C)CNC(=O)NC(CC(=O)O)C(=O)O)ccc1NC(=O)Nc1ccccc1C. The predicted octanol–water partition coefficient (Wildman–Crippen LogP) is 2.56. The Morgan fingerprint density at radius 3 is 2.17 bits per heavy atom. The molecule has 0 aliphatic rings. The molecule has 0 heterocycles. The molecule has 2 aromatic carbocycles. The number of methoxy groups -OCH3 is 1. The number of aryl methyl sites for hydroxylation is 1. The van der Waals surface area contributed by atoms with E-state index in [9.17, 15) is 24.0 Å². The Morgan fingerprint density at radius 1 is 0.900 bits per heavy atom. The van der Waals surface area contributed by atoms with E-state index in [-0.39, 0.29) is 25.4 Å². The van der Waals surface area contributed by atoms with Gasteiger partial charge in [0, 0.05) is 18.8 Å². The van der Waals surface area contributed by atoms with Crippen LogP contribution in [0.25, 0.3) is 0 Å². The summed E-state index contributed by atoms with van der Waals surface area (Å²) in [6.45, 7) is 5.72. The monoisotopic (exact) mass is 557 g/mol. The van der Waals surface area contributed by atoms with Gasteiger partial charge in [-0.2, -0.15) is 0 Å². The maximum absolute atomic E-state index is 12.6. The highest BCUT2D eigenvalue weighted by atomic mass is 16.5. The number of urea groups is 2. The largest absolute Gasteiger partial charge is 0.495 e. The van der Waals surface area contributed by atoms with Gasteiger partial charge in [-0.25, -0.2) is 14.4 Å². The van der Waals surface area contributed by atoms with Crippen molar-refractivity contribution in [3.63, 3.8) is 0 Å². The third-order valence-corrected chi connectivity index (χ3v) is 5.75. The summed E-state index contributed by atoms with van der Waals surface area (Å²) in [5, 5.41) is 30.7. The fourth-order valence-corrected chi connectivity index (χ4v) is 3.49. The zero-order chi connectivity index (χ0) is 29.9. The summed E-state index contributed by atoms with van der Waals surface area (Å²) in [6, 6.07) is 9.50. The molecule has 7 N–H and O–H groups in total. The Labute approximate surface area is 231 Å². The molecule has 1 atom stereocenters. The number of anilines is 2. The number of ether oxygens (including phenoxy) is 1. The van der Waals surface area contributed by atoms with Crippen LogP contribution in [0.1, 0.15) is 31.4 Å². The number of aliphatic carboxylic acids is 2. The number of amides is 5. The minimum atomic E-state index is -1.57. The Bertz CT molecular complexity index is 1250. The minimum absolute atomic E-state index is 0.0333. The van der Waals surface area contributed by atoms with Crippen molar-refractivity contribution >= 4 is 41.3 Å². The molecule has 40 heavy (non-hydrogen) atoms. The molecule has 0 aliphatic carbocycles. The van der Waals surface area contributed by atoms with Crippen LogP contribution in [0.15, 0.2) is 42.5 Å². The highest BCUT2D eigenvalue weighted by Gasteiger charge is 2.25. The first-order valence-corrected chi connectivity index (χ1v) is 12.4. The molecule has 13 heteroatoms. The van der Waals surface area contributed by atoms with Gasteiger partial charge in [-0.1, -0.05) is 38.1 Å². The smallest absolute Gasteiger partial charge is 0.326 e. The summed E-state index contributed by atoms with van der Waals surface area (Å²) < 4.78 is 5.38.